The van der Waals surface area contributed by atoms with Crippen molar-refractivity contribution in [1.82, 2.24) is 9.97 Å². The van der Waals surface area contributed by atoms with Gasteiger partial charge in [-0.15, -0.1) is 0 Å². The summed E-state index contributed by atoms with van der Waals surface area (Å²) in [6.07, 6.45) is 0. The van der Waals surface area contributed by atoms with E-state index in [2.05, 4.69) is 38.1 Å². The molecule has 3 N–H and O–H groups in total. The minimum Gasteiger partial charge on any atom is -0.388 e. The van der Waals surface area contributed by atoms with E-state index in [1.54, 1.807) is 0 Å². The molecule has 0 atom stereocenters. The molecule has 2 aromatic rings. The van der Waals surface area contributed by atoms with Crippen LogP contribution in [0.25, 0.3) is 0 Å². The van der Waals surface area contributed by atoms with Gasteiger partial charge in [-0.05, 0) is 26.0 Å². The summed E-state index contributed by atoms with van der Waals surface area (Å²) in [6.45, 7) is 3.76. The molecule has 0 unspecified atom stereocenters. The van der Waals surface area contributed by atoms with Crippen LogP contribution in [0, 0.1) is 13.8 Å². The van der Waals surface area contributed by atoms with Crippen LogP contribution >= 0.6 is 11.6 Å². The molecular weight excluding hydrogens is 312 g/mol. The zero-order chi connectivity index (χ0) is 17.1. The highest BCUT2D eigenvalue weighted by Crippen LogP contribution is 2.40. The van der Waals surface area contributed by atoms with Gasteiger partial charge in [-0.25, -0.2) is 9.97 Å². The molecule has 0 radical (unpaired) electrons. The maximum atomic E-state index is 6.23. The van der Waals surface area contributed by atoms with Crippen molar-refractivity contribution >= 4 is 40.2 Å². The summed E-state index contributed by atoms with van der Waals surface area (Å²) in [6, 6.07) is 4.11. The Bertz CT molecular complexity index is 691. The first-order valence-corrected chi connectivity index (χ1v) is 7.76. The van der Waals surface area contributed by atoms with E-state index in [9.17, 15) is 0 Å². The van der Waals surface area contributed by atoms with Crippen LogP contribution in [-0.2, 0) is 0 Å². The second-order valence-corrected chi connectivity index (χ2v) is 5.60. The fourth-order valence-corrected chi connectivity index (χ4v) is 2.74. The lowest BCUT2D eigenvalue weighted by Gasteiger charge is -2.27. The van der Waals surface area contributed by atoms with Gasteiger partial charge >= 0.3 is 0 Å². The SMILES string of the molecule is CNc1cc(NC)c(N(C)c2nc(C)nc(Cl)c2C)c(NC)c1. The summed E-state index contributed by atoms with van der Waals surface area (Å²) in [7, 11) is 7.67. The number of benzene rings is 1. The number of aryl methyl sites for hydroxylation is 1. The lowest BCUT2D eigenvalue weighted by Crippen LogP contribution is -2.17. The summed E-state index contributed by atoms with van der Waals surface area (Å²) in [5.41, 5.74) is 4.82. The van der Waals surface area contributed by atoms with Crippen molar-refractivity contribution in [2.24, 2.45) is 0 Å². The average molecular weight is 335 g/mol. The molecule has 0 saturated heterocycles. The maximum absolute atomic E-state index is 6.23. The first-order valence-electron chi connectivity index (χ1n) is 7.38. The fraction of sp³-hybridized carbons (Fsp3) is 0.375. The molecule has 0 aliphatic carbocycles. The van der Waals surface area contributed by atoms with E-state index in [4.69, 9.17) is 11.6 Å². The van der Waals surface area contributed by atoms with Crippen LogP contribution in [-0.4, -0.2) is 38.2 Å². The molecule has 6 nitrogen and oxygen atoms in total. The van der Waals surface area contributed by atoms with Gasteiger partial charge in [-0.2, -0.15) is 0 Å². The Balaban J connectivity index is 2.65. The smallest absolute Gasteiger partial charge is 0.141 e. The fourth-order valence-electron chi connectivity index (χ4n) is 2.53. The van der Waals surface area contributed by atoms with Crippen molar-refractivity contribution in [2.45, 2.75) is 13.8 Å². The predicted molar refractivity (Wildman–Crippen MR) is 99.7 cm³/mol. The first-order chi connectivity index (χ1) is 10.9. The number of hydrogen-bond acceptors (Lipinski definition) is 6. The Morgan fingerprint density at radius 2 is 1.52 bits per heavy atom. The van der Waals surface area contributed by atoms with Crippen molar-refractivity contribution in [1.29, 1.82) is 0 Å². The third-order valence-corrected chi connectivity index (χ3v) is 4.13. The van der Waals surface area contributed by atoms with Crippen LogP contribution < -0.4 is 20.9 Å². The summed E-state index contributed by atoms with van der Waals surface area (Å²) in [4.78, 5) is 10.8. The van der Waals surface area contributed by atoms with E-state index in [1.165, 1.54) is 0 Å². The van der Waals surface area contributed by atoms with Crippen LogP contribution in [0.3, 0.4) is 0 Å². The number of nitrogens with zero attached hydrogens (tertiary/aromatic N) is 3. The average Bonchev–Trinajstić information content (AvgIpc) is 2.55. The van der Waals surface area contributed by atoms with E-state index in [1.807, 2.05) is 46.9 Å². The number of nitrogens with one attached hydrogen (secondary N) is 3. The molecule has 0 bridgehead atoms. The molecule has 1 heterocycles. The molecule has 2 rings (SSSR count). The van der Waals surface area contributed by atoms with E-state index >= 15 is 0 Å². The zero-order valence-electron chi connectivity index (χ0n) is 14.4. The number of hydrogen-bond donors (Lipinski definition) is 3. The third kappa shape index (κ3) is 3.27. The molecule has 1 aromatic heterocycles. The molecule has 0 aliphatic rings. The van der Waals surface area contributed by atoms with Gasteiger partial charge < -0.3 is 20.9 Å². The van der Waals surface area contributed by atoms with Gasteiger partial charge in [-0.1, -0.05) is 11.6 Å². The molecular formula is C16H23ClN6. The minimum atomic E-state index is 0.475. The van der Waals surface area contributed by atoms with Gasteiger partial charge in [0.15, 0.2) is 0 Å². The summed E-state index contributed by atoms with van der Waals surface area (Å²) < 4.78 is 0. The number of anilines is 5. The number of rotatable bonds is 5. The van der Waals surface area contributed by atoms with Crippen molar-refractivity contribution in [3.8, 4) is 0 Å². The lowest BCUT2D eigenvalue weighted by atomic mass is 10.1. The molecule has 0 spiro atoms. The standard InChI is InChI=1S/C16H23ClN6/c1-9-15(17)21-10(2)22-16(9)23(6)14-12(19-4)7-11(18-3)8-13(14)20-5/h7-8,18-20H,1-6H3. The number of aromatic nitrogens is 2. The Morgan fingerprint density at radius 3 is 2.00 bits per heavy atom. The summed E-state index contributed by atoms with van der Waals surface area (Å²) in [5.74, 6) is 1.43. The van der Waals surface area contributed by atoms with Crippen LogP contribution in [0.1, 0.15) is 11.4 Å². The van der Waals surface area contributed by atoms with Crippen LogP contribution in [0.5, 0.6) is 0 Å². The van der Waals surface area contributed by atoms with Crippen LogP contribution in [0.2, 0.25) is 5.15 Å². The molecule has 124 valence electrons. The minimum absolute atomic E-state index is 0.475. The van der Waals surface area contributed by atoms with Crippen molar-refractivity contribution < 1.29 is 0 Å². The van der Waals surface area contributed by atoms with Gasteiger partial charge in [0.2, 0.25) is 0 Å². The van der Waals surface area contributed by atoms with E-state index in [0.717, 1.165) is 34.1 Å². The highest BCUT2D eigenvalue weighted by atomic mass is 35.5. The van der Waals surface area contributed by atoms with E-state index in [0.29, 0.717) is 11.0 Å². The van der Waals surface area contributed by atoms with Crippen molar-refractivity contribution in [3.63, 3.8) is 0 Å². The molecule has 0 aliphatic heterocycles. The molecule has 0 amide bonds. The topological polar surface area (TPSA) is 65.1 Å². The van der Waals surface area contributed by atoms with E-state index in [-0.39, 0.29) is 0 Å². The molecule has 23 heavy (non-hydrogen) atoms. The van der Waals surface area contributed by atoms with Crippen LogP contribution in [0.15, 0.2) is 12.1 Å². The Labute approximate surface area is 142 Å². The quantitative estimate of drug-likeness (QED) is 0.725. The Kier molecular flexibility index (Phi) is 5.15. The molecule has 1 aromatic carbocycles. The zero-order valence-corrected chi connectivity index (χ0v) is 15.1. The van der Waals surface area contributed by atoms with Gasteiger partial charge in [-0.3, -0.25) is 0 Å². The highest BCUT2D eigenvalue weighted by Gasteiger charge is 2.19. The second kappa shape index (κ2) is 6.91. The molecule has 0 fully saturated rings. The van der Waals surface area contributed by atoms with Crippen molar-refractivity contribution in [2.75, 3.05) is 49.0 Å². The second-order valence-electron chi connectivity index (χ2n) is 5.24. The van der Waals surface area contributed by atoms with Gasteiger partial charge in [0, 0.05) is 39.4 Å². The van der Waals surface area contributed by atoms with Gasteiger partial charge in [0.1, 0.15) is 16.8 Å². The van der Waals surface area contributed by atoms with Gasteiger partial charge in [0.05, 0.1) is 17.1 Å². The Hall–Kier alpha value is -2.21. The monoisotopic (exact) mass is 334 g/mol. The molecule has 7 heteroatoms. The summed E-state index contributed by atoms with van der Waals surface area (Å²) in [5, 5.41) is 10.1. The Morgan fingerprint density at radius 1 is 0.957 bits per heavy atom. The third-order valence-electron chi connectivity index (χ3n) is 3.76. The van der Waals surface area contributed by atoms with Gasteiger partial charge in [0.25, 0.3) is 0 Å². The lowest BCUT2D eigenvalue weighted by molar-refractivity contribution is 0.992. The van der Waals surface area contributed by atoms with Crippen LogP contribution in [0.4, 0.5) is 28.6 Å². The maximum Gasteiger partial charge on any atom is 0.141 e. The normalized spacial score (nSPS) is 10.4. The predicted octanol–water partition coefficient (Wildman–Crippen LogP) is 3.64. The van der Waals surface area contributed by atoms with E-state index < -0.39 is 0 Å². The summed E-state index contributed by atoms with van der Waals surface area (Å²) >= 11 is 6.23. The molecule has 0 saturated carbocycles. The number of halogens is 1. The highest BCUT2D eigenvalue weighted by molar-refractivity contribution is 6.30. The first kappa shape index (κ1) is 17.1. The largest absolute Gasteiger partial charge is 0.388 e. The van der Waals surface area contributed by atoms with Crippen molar-refractivity contribution in [3.05, 3.63) is 28.7 Å².